The van der Waals surface area contributed by atoms with Crippen molar-refractivity contribution < 1.29 is 42.4 Å². The van der Waals surface area contributed by atoms with Crippen LogP contribution < -0.4 is 29.0 Å². The van der Waals surface area contributed by atoms with Gasteiger partial charge in [0.05, 0.1) is 39.9 Å². The van der Waals surface area contributed by atoms with Gasteiger partial charge in [0.2, 0.25) is 12.5 Å². The Balaban J connectivity index is 1.52. The molecular weight excluding hydrogens is 509 g/mol. The third kappa shape index (κ3) is 4.07. The number of methoxy groups -OCH3 is 3. The molecule has 202 valence electrons. The zero-order chi connectivity index (χ0) is 27.3. The number of amides is 1. The Morgan fingerprint density at radius 1 is 0.923 bits per heavy atom. The summed E-state index contributed by atoms with van der Waals surface area (Å²) in [5, 5.41) is 3.03. The molecule has 3 aliphatic rings. The minimum atomic E-state index is -0.640. The van der Waals surface area contributed by atoms with Gasteiger partial charge in [0.15, 0.2) is 23.0 Å². The molecule has 0 saturated carbocycles. The normalized spacial score (nSPS) is 22.4. The number of benzene rings is 3. The Bertz CT molecular complexity index is 1450. The third-order valence-corrected chi connectivity index (χ3v) is 7.61. The summed E-state index contributed by atoms with van der Waals surface area (Å²) in [5.74, 6) is -0.518. The second-order valence-electron chi connectivity index (χ2n) is 9.55. The van der Waals surface area contributed by atoms with Crippen LogP contribution in [0.1, 0.15) is 39.0 Å². The first-order chi connectivity index (χ1) is 18.9. The van der Waals surface area contributed by atoms with Crippen molar-refractivity contribution in [3.63, 3.8) is 0 Å². The first-order valence-corrected chi connectivity index (χ1v) is 12.4. The van der Waals surface area contributed by atoms with Crippen molar-refractivity contribution in [2.24, 2.45) is 11.8 Å². The standard InChI is InChI=1S/C29H26FNO8/c1-34-22-8-15(9-23(35-2)27(22)36-3)24-17-10-20-21(39-13-38-20)11-18(17)26(19-12-37-29(33)25(19)24)31-28(32)14-5-4-6-16(30)7-14/h4-11,19,24-26H,12-13H2,1-3H3,(H,31,32)/t19-,24+,25?,26+/m0/s1. The van der Waals surface area contributed by atoms with Gasteiger partial charge < -0.3 is 33.7 Å². The molecule has 1 N–H and O–H groups in total. The molecule has 3 aromatic carbocycles. The maximum Gasteiger partial charge on any atom is 0.310 e. The number of rotatable bonds is 6. The van der Waals surface area contributed by atoms with E-state index in [0.717, 1.165) is 16.7 Å². The summed E-state index contributed by atoms with van der Waals surface area (Å²) in [6.45, 7) is 0.161. The zero-order valence-electron chi connectivity index (χ0n) is 21.5. The summed E-state index contributed by atoms with van der Waals surface area (Å²) in [4.78, 5) is 26.5. The summed E-state index contributed by atoms with van der Waals surface area (Å²) in [6.07, 6.45) is 0. The molecule has 0 aromatic heterocycles. The maximum absolute atomic E-state index is 13.9. The molecule has 1 aliphatic carbocycles. The fourth-order valence-corrected chi connectivity index (χ4v) is 5.88. The molecule has 39 heavy (non-hydrogen) atoms. The van der Waals surface area contributed by atoms with Gasteiger partial charge in [-0.3, -0.25) is 9.59 Å². The highest BCUT2D eigenvalue weighted by Crippen LogP contribution is 2.55. The van der Waals surface area contributed by atoms with E-state index in [4.69, 9.17) is 28.4 Å². The van der Waals surface area contributed by atoms with Gasteiger partial charge in [-0.2, -0.15) is 0 Å². The molecule has 1 amide bonds. The number of hydrogen-bond donors (Lipinski definition) is 1. The Morgan fingerprint density at radius 2 is 1.62 bits per heavy atom. The highest BCUT2D eigenvalue weighted by atomic mass is 19.1. The summed E-state index contributed by atoms with van der Waals surface area (Å²) in [5.41, 5.74) is 2.43. The summed E-state index contributed by atoms with van der Waals surface area (Å²) in [7, 11) is 4.57. The second-order valence-corrected chi connectivity index (χ2v) is 9.55. The molecule has 1 fully saturated rings. The largest absolute Gasteiger partial charge is 0.493 e. The first-order valence-electron chi connectivity index (χ1n) is 12.4. The van der Waals surface area contributed by atoms with E-state index in [9.17, 15) is 14.0 Å². The Hall–Kier alpha value is -4.47. The van der Waals surface area contributed by atoms with Crippen molar-refractivity contribution >= 4 is 11.9 Å². The van der Waals surface area contributed by atoms with Crippen LogP contribution in [-0.4, -0.2) is 46.6 Å². The lowest BCUT2D eigenvalue weighted by Crippen LogP contribution is -2.42. The molecule has 1 saturated heterocycles. The molecule has 10 heteroatoms. The third-order valence-electron chi connectivity index (χ3n) is 7.61. The van der Waals surface area contributed by atoms with Crippen LogP contribution in [0.5, 0.6) is 28.7 Å². The average Bonchev–Trinajstić information content (AvgIpc) is 3.57. The van der Waals surface area contributed by atoms with Gasteiger partial charge in [-0.1, -0.05) is 6.07 Å². The zero-order valence-corrected chi connectivity index (χ0v) is 21.5. The van der Waals surface area contributed by atoms with Gasteiger partial charge in [-0.15, -0.1) is 0 Å². The van der Waals surface area contributed by atoms with Crippen molar-refractivity contribution in [1.29, 1.82) is 0 Å². The van der Waals surface area contributed by atoms with Crippen LogP contribution in [-0.2, 0) is 9.53 Å². The number of cyclic esters (lactones) is 1. The highest BCUT2D eigenvalue weighted by molar-refractivity contribution is 5.94. The molecule has 9 nitrogen and oxygen atoms in total. The number of ether oxygens (including phenoxy) is 6. The van der Waals surface area contributed by atoms with Crippen LogP contribution in [0.25, 0.3) is 0 Å². The number of carbonyl (C=O) groups is 2. The summed E-state index contributed by atoms with van der Waals surface area (Å²) < 4.78 is 47.5. The van der Waals surface area contributed by atoms with Gasteiger partial charge in [0.25, 0.3) is 5.91 Å². The minimum Gasteiger partial charge on any atom is -0.493 e. The molecular formula is C29H26FNO8. The van der Waals surface area contributed by atoms with E-state index in [0.29, 0.717) is 28.7 Å². The van der Waals surface area contributed by atoms with E-state index in [1.807, 2.05) is 24.3 Å². The number of fused-ring (bicyclic) bond motifs is 3. The molecule has 4 atom stereocenters. The number of esters is 1. The smallest absolute Gasteiger partial charge is 0.310 e. The number of nitrogens with one attached hydrogen (secondary N) is 1. The number of carbonyl (C=O) groups excluding carboxylic acids is 2. The van der Waals surface area contributed by atoms with Crippen molar-refractivity contribution in [3.05, 3.63) is 76.6 Å². The van der Waals surface area contributed by atoms with Crippen LogP contribution in [0.15, 0.2) is 48.5 Å². The topological polar surface area (TPSA) is 102 Å². The lowest BCUT2D eigenvalue weighted by molar-refractivity contribution is -0.141. The monoisotopic (exact) mass is 535 g/mol. The Morgan fingerprint density at radius 3 is 2.26 bits per heavy atom. The van der Waals surface area contributed by atoms with Crippen LogP contribution in [0.3, 0.4) is 0 Å². The fraction of sp³-hybridized carbons (Fsp3) is 0.310. The summed E-state index contributed by atoms with van der Waals surface area (Å²) >= 11 is 0. The lowest BCUT2D eigenvalue weighted by Gasteiger charge is -2.39. The predicted octanol–water partition coefficient (Wildman–Crippen LogP) is 3.99. The van der Waals surface area contributed by atoms with Crippen molar-refractivity contribution in [3.8, 4) is 28.7 Å². The molecule has 2 aliphatic heterocycles. The number of halogens is 1. The van der Waals surface area contributed by atoms with Gasteiger partial charge in [-0.25, -0.2) is 4.39 Å². The van der Waals surface area contributed by atoms with Gasteiger partial charge in [0.1, 0.15) is 5.82 Å². The molecule has 0 radical (unpaired) electrons. The molecule has 0 spiro atoms. The molecule has 2 heterocycles. The lowest BCUT2D eigenvalue weighted by atomic mass is 9.65. The van der Waals surface area contributed by atoms with Crippen molar-refractivity contribution in [1.82, 2.24) is 5.32 Å². The van der Waals surface area contributed by atoms with Crippen LogP contribution in [0.2, 0.25) is 0 Å². The van der Waals surface area contributed by atoms with E-state index in [1.54, 1.807) is 0 Å². The number of hydrogen-bond acceptors (Lipinski definition) is 8. The predicted molar refractivity (Wildman–Crippen MR) is 135 cm³/mol. The SMILES string of the molecule is COc1cc([C@@H]2c3cc4c(cc3[C@@H](NC(=O)c3cccc(F)c3)[C@H]3COC(=O)C23)OCO4)cc(OC)c1OC. The van der Waals surface area contributed by atoms with E-state index in [1.165, 1.54) is 45.6 Å². The molecule has 0 bridgehead atoms. The minimum absolute atomic E-state index is 0.0578. The van der Waals surface area contributed by atoms with Gasteiger partial charge >= 0.3 is 5.97 Å². The van der Waals surface area contributed by atoms with Crippen molar-refractivity contribution in [2.75, 3.05) is 34.7 Å². The average molecular weight is 536 g/mol. The second kappa shape index (κ2) is 9.68. The first kappa shape index (κ1) is 24.8. The maximum atomic E-state index is 13.9. The molecule has 6 rings (SSSR count). The van der Waals surface area contributed by atoms with Crippen molar-refractivity contribution in [2.45, 2.75) is 12.0 Å². The van der Waals surface area contributed by atoms with Gasteiger partial charge in [0, 0.05) is 17.4 Å². The molecule has 3 aromatic rings. The van der Waals surface area contributed by atoms with Crippen LogP contribution in [0.4, 0.5) is 4.39 Å². The van der Waals surface area contributed by atoms with E-state index >= 15 is 0 Å². The molecule has 1 unspecified atom stereocenters. The van der Waals surface area contributed by atoms with E-state index < -0.39 is 35.5 Å². The van der Waals surface area contributed by atoms with E-state index in [2.05, 4.69) is 5.32 Å². The Labute approximate surface area is 223 Å². The fourth-order valence-electron chi connectivity index (χ4n) is 5.88. The Kier molecular flexibility index (Phi) is 6.17. The quantitative estimate of drug-likeness (QED) is 0.473. The summed E-state index contributed by atoms with van der Waals surface area (Å²) in [6, 6.07) is 12.1. The van der Waals surface area contributed by atoms with Crippen LogP contribution >= 0.6 is 0 Å². The van der Waals surface area contributed by atoms with E-state index in [-0.39, 0.29) is 24.9 Å². The van der Waals surface area contributed by atoms with Gasteiger partial charge in [-0.05, 0) is 59.2 Å². The van der Waals surface area contributed by atoms with Crippen LogP contribution in [0, 0.1) is 17.7 Å². The highest BCUT2D eigenvalue weighted by Gasteiger charge is 2.53.